The van der Waals surface area contributed by atoms with Crippen LogP contribution < -0.4 is 10.7 Å². The Morgan fingerprint density at radius 2 is 1.94 bits per heavy atom. The zero-order valence-electron chi connectivity index (χ0n) is 18.0. The van der Waals surface area contributed by atoms with Crippen LogP contribution >= 0.6 is 11.8 Å². The second-order valence-corrected chi connectivity index (χ2v) is 8.40. The van der Waals surface area contributed by atoms with Crippen LogP contribution in [0, 0.1) is 13.8 Å². The van der Waals surface area contributed by atoms with Gasteiger partial charge in [-0.2, -0.15) is 16.7 Å². The fourth-order valence-corrected chi connectivity index (χ4v) is 3.97. The lowest BCUT2D eigenvalue weighted by Crippen LogP contribution is -2.30. The molecule has 1 N–H and O–H groups in total. The average molecular weight is 454 g/mol. The third-order valence-corrected chi connectivity index (χ3v) is 5.58. The van der Waals surface area contributed by atoms with Crippen LogP contribution in [-0.2, 0) is 11.2 Å². The monoisotopic (exact) mass is 453 g/mol. The number of thioether (sulfide) groups is 1. The van der Waals surface area contributed by atoms with Crippen LogP contribution in [-0.4, -0.2) is 28.1 Å². The van der Waals surface area contributed by atoms with Crippen LogP contribution in [0.4, 0.5) is 0 Å². The van der Waals surface area contributed by atoms with E-state index in [-0.39, 0.29) is 23.3 Å². The molecule has 3 heterocycles. The Kier molecular flexibility index (Phi) is 6.45. The smallest absolute Gasteiger partial charge is 0.249 e. The number of benzene rings is 1. The number of rotatable bonds is 8. The van der Waals surface area contributed by atoms with Crippen LogP contribution in [0.15, 0.2) is 54.6 Å². The third kappa shape index (κ3) is 4.62. The summed E-state index contributed by atoms with van der Waals surface area (Å²) in [6, 6.07) is 10.3. The molecule has 0 saturated carbocycles. The molecule has 1 amide bonds. The van der Waals surface area contributed by atoms with Gasteiger partial charge < -0.3 is 18.7 Å². The van der Waals surface area contributed by atoms with Gasteiger partial charge in [-0.1, -0.05) is 35.5 Å². The molecule has 1 unspecified atom stereocenters. The summed E-state index contributed by atoms with van der Waals surface area (Å²) in [7, 11) is 0. The normalized spacial score (nSPS) is 12.2. The number of carbonyl (C=O) groups is 1. The summed E-state index contributed by atoms with van der Waals surface area (Å²) in [5.41, 5.74) is 1.38. The molecule has 0 bridgehead atoms. The van der Waals surface area contributed by atoms with Crippen LogP contribution in [0.3, 0.4) is 0 Å². The van der Waals surface area contributed by atoms with Crippen molar-refractivity contribution in [2.24, 2.45) is 0 Å². The van der Waals surface area contributed by atoms with Crippen molar-refractivity contribution < 1.29 is 18.2 Å². The number of hydrogen-bond donors (Lipinski definition) is 1. The molecule has 4 aromatic rings. The van der Waals surface area contributed by atoms with Gasteiger partial charge in [-0.25, -0.2) is 0 Å². The summed E-state index contributed by atoms with van der Waals surface area (Å²) in [4.78, 5) is 29.8. The summed E-state index contributed by atoms with van der Waals surface area (Å²) in [5, 5.41) is 6.82. The molecule has 4 rings (SSSR count). The average Bonchev–Trinajstić information content (AvgIpc) is 3.36. The number of carbonyl (C=O) groups excluding carboxylic acids is 1. The minimum absolute atomic E-state index is 0.0352. The molecule has 0 spiro atoms. The van der Waals surface area contributed by atoms with Crippen molar-refractivity contribution in [2.75, 3.05) is 12.0 Å². The van der Waals surface area contributed by atoms with Gasteiger partial charge in [0.25, 0.3) is 0 Å². The molecule has 0 fully saturated rings. The molecule has 0 saturated heterocycles. The van der Waals surface area contributed by atoms with E-state index in [2.05, 4.69) is 15.5 Å². The van der Waals surface area contributed by atoms with E-state index >= 15 is 0 Å². The minimum Gasteiger partial charge on any atom is -0.457 e. The maximum atomic E-state index is 13.1. The third-order valence-electron chi connectivity index (χ3n) is 4.94. The number of amides is 1. The number of nitrogens with one attached hydrogen (secondary N) is 1. The Morgan fingerprint density at radius 1 is 1.16 bits per heavy atom. The van der Waals surface area contributed by atoms with Gasteiger partial charge in [0.2, 0.25) is 22.8 Å². The highest BCUT2D eigenvalue weighted by atomic mass is 32.2. The van der Waals surface area contributed by atoms with E-state index in [0.29, 0.717) is 40.8 Å². The van der Waals surface area contributed by atoms with E-state index in [1.165, 1.54) is 6.07 Å². The number of fused-ring (bicyclic) bond motifs is 1. The van der Waals surface area contributed by atoms with Crippen molar-refractivity contribution in [3.63, 3.8) is 0 Å². The number of aryl methyl sites for hydroxylation is 2. The first-order valence-electron chi connectivity index (χ1n) is 10.2. The van der Waals surface area contributed by atoms with Crippen LogP contribution in [0.2, 0.25) is 0 Å². The van der Waals surface area contributed by atoms with Crippen molar-refractivity contribution >= 4 is 28.8 Å². The Balaban J connectivity index is 1.69. The molecule has 8 nitrogen and oxygen atoms in total. The first-order chi connectivity index (χ1) is 15.5. The maximum Gasteiger partial charge on any atom is 0.249 e. The number of aromatic nitrogens is 2. The van der Waals surface area contributed by atoms with Crippen molar-refractivity contribution in [1.82, 2.24) is 15.5 Å². The number of furan rings is 1. The summed E-state index contributed by atoms with van der Waals surface area (Å²) >= 11 is 1.66. The van der Waals surface area contributed by atoms with Crippen LogP contribution in [0.5, 0.6) is 0 Å². The van der Waals surface area contributed by atoms with E-state index < -0.39 is 6.04 Å². The predicted octanol–water partition coefficient (Wildman–Crippen LogP) is 4.21. The van der Waals surface area contributed by atoms with Crippen molar-refractivity contribution in [3.8, 4) is 11.3 Å². The lowest BCUT2D eigenvalue weighted by Gasteiger charge is -2.14. The first kappa shape index (κ1) is 21.9. The summed E-state index contributed by atoms with van der Waals surface area (Å²) < 4.78 is 17.0. The lowest BCUT2D eigenvalue weighted by molar-refractivity contribution is -0.121. The minimum atomic E-state index is -0.414. The van der Waals surface area contributed by atoms with Crippen molar-refractivity contribution in [1.29, 1.82) is 0 Å². The number of hydrogen-bond acceptors (Lipinski definition) is 8. The standard InChI is InChI=1S/C23H23N3O5S/c1-13-11-18(27)22-21(29-13)16(20(30-22)15-7-5-4-6-8-15)12-19(28)25-17(9-10-32-3)23-24-14(2)26-31-23/h4-8,11,17H,9-10,12H2,1-3H3,(H,25,28). The second kappa shape index (κ2) is 9.44. The molecular formula is C23H23N3O5S. The Labute approximate surface area is 188 Å². The van der Waals surface area contributed by atoms with Gasteiger partial charge in [0, 0.05) is 11.6 Å². The highest BCUT2D eigenvalue weighted by Crippen LogP contribution is 2.33. The van der Waals surface area contributed by atoms with Crippen LogP contribution in [0.25, 0.3) is 22.5 Å². The summed E-state index contributed by atoms with van der Waals surface area (Å²) in [6.07, 6.45) is 2.60. The summed E-state index contributed by atoms with van der Waals surface area (Å²) in [6.45, 7) is 3.42. The molecule has 0 aliphatic rings. The molecular weight excluding hydrogens is 430 g/mol. The van der Waals surface area contributed by atoms with Gasteiger partial charge in [0.05, 0.1) is 12.0 Å². The van der Waals surface area contributed by atoms with Gasteiger partial charge in [-0.3, -0.25) is 9.59 Å². The largest absolute Gasteiger partial charge is 0.457 e. The molecule has 32 heavy (non-hydrogen) atoms. The molecule has 1 atom stereocenters. The Morgan fingerprint density at radius 3 is 2.62 bits per heavy atom. The van der Waals surface area contributed by atoms with Crippen molar-refractivity contribution in [3.05, 3.63) is 69.7 Å². The van der Waals surface area contributed by atoms with Gasteiger partial charge in [0.1, 0.15) is 17.6 Å². The van der Waals surface area contributed by atoms with E-state index in [9.17, 15) is 9.59 Å². The highest BCUT2D eigenvalue weighted by Gasteiger charge is 2.25. The zero-order chi connectivity index (χ0) is 22.7. The lowest BCUT2D eigenvalue weighted by atomic mass is 10.0. The van der Waals surface area contributed by atoms with E-state index in [1.807, 2.05) is 36.6 Å². The predicted molar refractivity (Wildman–Crippen MR) is 122 cm³/mol. The van der Waals surface area contributed by atoms with Crippen LogP contribution in [0.1, 0.15) is 35.5 Å². The zero-order valence-corrected chi connectivity index (χ0v) is 18.8. The fraction of sp³-hybridized carbons (Fsp3) is 0.304. The molecule has 3 aromatic heterocycles. The van der Waals surface area contributed by atoms with Gasteiger partial charge >= 0.3 is 0 Å². The van der Waals surface area contributed by atoms with Crippen molar-refractivity contribution in [2.45, 2.75) is 32.7 Å². The highest BCUT2D eigenvalue weighted by molar-refractivity contribution is 7.98. The Bertz CT molecular complexity index is 1290. The van der Waals surface area contributed by atoms with Gasteiger partial charge in [0.15, 0.2) is 11.4 Å². The quantitative estimate of drug-likeness (QED) is 0.422. The SMILES string of the molecule is CSCCC(NC(=O)Cc1c(-c2ccccc2)oc2c(=O)cc(C)oc12)c1nc(C)no1. The number of nitrogens with zero attached hydrogens (tertiary/aromatic N) is 2. The molecule has 9 heteroatoms. The first-order valence-corrected chi connectivity index (χ1v) is 11.6. The second-order valence-electron chi connectivity index (χ2n) is 7.41. The van der Waals surface area contributed by atoms with E-state index in [0.717, 1.165) is 11.3 Å². The van der Waals surface area contributed by atoms with Gasteiger partial charge in [-0.15, -0.1) is 0 Å². The van der Waals surface area contributed by atoms with E-state index in [4.69, 9.17) is 13.4 Å². The van der Waals surface area contributed by atoms with Gasteiger partial charge in [-0.05, 0) is 32.3 Å². The fourth-order valence-electron chi connectivity index (χ4n) is 3.50. The maximum absolute atomic E-state index is 13.1. The Hall–Kier alpha value is -3.33. The summed E-state index contributed by atoms with van der Waals surface area (Å²) in [5.74, 6) is 2.31. The molecule has 1 aromatic carbocycles. The molecule has 0 aliphatic carbocycles. The molecule has 166 valence electrons. The molecule has 0 radical (unpaired) electrons. The molecule has 0 aliphatic heterocycles. The van der Waals surface area contributed by atoms with E-state index in [1.54, 1.807) is 25.6 Å². The topological polar surface area (TPSA) is 111 Å².